The van der Waals surface area contributed by atoms with Gasteiger partial charge in [-0.15, -0.1) is 0 Å². The Hall–Kier alpha value is -1.52. The number of halogens is 2. The minimum atomic E-state index is -0.372. The third-order valence-corrected chi connectivity index (χ3v) is 2.70. The average Bonchev–Trinajstić information content (AvgIpc) is 2.27. The number of nitrogens with zero attached hydrogens (tertiary/aromatic N) is 2. The molecule has 4 nitrogen and oxygen atoms in total. The maximum absolute atomic E-state index is 11.5. The Morgan fingerprint density at radius 3 is 2.76 bits per heavy atom. The minimum absolute atomic E-state index is 0.315. The highest BCUT2D eigenvalue weighted by Gasteiger charge is 2.04. The van der Waals surface area contributed by atoms with Crippen molar-refractivity contribution < 1.29 is 0 Å². The molecule has 0 aliphatic carbocycles. The van der Waals surface area contributed by atoms with Gasteiger partial charge in [0.15, 0.2) is 0 Å². The number of anilines is 1. The van der Waals surface area contributed by atoms with E-state index >= 15 is 0 Å². The largest absolute Gasteiger partial charge is 0.398 e. The van der Waals surface area contributed by atoms with Crippen LogP contribution in [0.3, 0.4) is 0 Å². The van der Waals surface area contributed by atoms with Gasteiger partial charge in [0.1, 0.15) is 0 Å². The van der Waals surface area contributed by atoms with E-state index in [2.05, 4.69) is 4.98 Å². The molecule has 6 heteroatoms. The van der Waals surface area contributed by atoms with E-state index in [9.17, 15) is 4.79 Å². The van der Waals surface area contributed by atoms with Crippen molar-refractivity contribution in [1.29, 1.82) is 0 Å². The predicted molar refractivity (Wildman–Crippen MR) is 68.5 cm³/mol. The summed E-state index contributed by atoms with van der Waals surface area (Å²) in [7, 11) is 0. The fraction of sp³-hybridized carbons (Fsp3) is 0.0909. The van der Waals surface area contributed by atoms with E-state index in [0.717, 1.165) is 5.56 Å². The summed E-state index contributed by atoms with van der Waals surface area (Å²) in [6.45, 7) is 0.315. The molecule has 0 radical (unpaired) electrons. The van der Waals surface area contributed by atoms with Crippen LogP contribution in [-0.2, 0) is 6.54 Å². The van der Waals surface area contributed by atoms with Crippen molar-refractivity contribution in [3.8, 4) is 0 Å². The van der Waals surface area contributed by atoms with Crippen LogP contribution in [0.25, 0.3) is 0 Å². The van der Waals surface area contributed by atoms with Crippen LogP contribution in [0.1, 0.15) is 5.56 Å². The minimum Gasteiger partial charge on any atom is -0.398 e. The molecule has 1 heterocycles. The number of nitrogen functional groups attached to an aromatic ring is 1. The second-order valence-corrected chi connectivity index (χ2v) is 4.40. The van der Waals surface area contributed by atoms with Gasteiger partial charge < -0.3 is 5.73 Å². The van der Waals surface area contributed by atoms with Gasteiger partial charge in [0.2, 0.25) is 0 Å². The molecule has 1 aromatic heterocycles. The van der Waals surface area contributed by atoms with Crippen LogP contribution in [0.2, 0.25) is 10.0 Å². The summed E-state index contributed by atoms with van der Waals surface area (Å²) in [6, 6.07) is 5.13. The fourth-order valence-corrected chi connectivity index (χ4v) is 1.78. The standard InChI is InChI=1S/C11H9Cl2N3O/c12-8-2-1-7(10(14)3-8)5-16-6-9(13)4-15-11(16)17/h1-4,6H,5,14H2. The Labute approximate surface area is 108 Å². The van der Waals surface area contributed by atoms with E-state index in [0.29, 0.717) is 22.3 Å². The molecule has 0 aliphatic rings. The molecule has 0 atom stereocenters. The molecule has 0 amide bonds. The van der Waals surface area contributed by atoms with E-state index in [4.69, 9.17) is 28.9 Å². The molecule has 2 N–H and O–H groups in total. The van der Waals surface area contributed by atoms with Gasteiger partial charge in [-0.2, -0.15) is 0 Å². The lowest BCUT2D eigenvalue weighted by Gasteiger charge is -2.08. The first-order chi connectivity index (χ1) is 8.06. The molecular weight excluding hydrogens is 261 g/mol. The molecule has 0 bridgehead atoms. The van der Waals surface area contributed by atoms with E-state index in [1.807, 2.05) is 0 Å². The van der Waals surface area contributed by atoms with Crippen molar-refractivity contribution in [1.82, 2.24) is 9.55 Å². The van der Waals surface area contributed by atoms with E-state index in [1.165, 1.54) is 17.0 Å². The summed E-state index contributed by atoms with van der Waals surface area (Å²) in [5, 5.41) is 0.958. The third-order valence-electron chi connectivity index (χ3n) is 2.27. The Kier molecular flexibility index (Phi) is 3.36. The summed E-state index contributed by atoms with van der Waals surface area (Å²) in [6.07, 6.45) is 2.83. The average molecular weight is 270 g/mol. The lowest BCUT2D eigenvalue weighted by Crippen LogP contribution is -2.22. The summed E-state index contributed by atoms with van der Waals surface area (Å²) in [5.74, 6) is 0. The first kappa shape index (κ1) is 12.0. The van der Waals surface area contributed by atoms with Crippen molar-refractivity contribution in [2.75, 3.05) is 5.73 Å². The third kappa shape index (κ3) is 2.78. The van der Waals surface area contributed by atoms with Gasteiger partial charge in [0.05, 0.1) is 17.8 Å². The number of benzene rings is 1. The van der Waals surface area contributed by atoms with Gasteiger partial charge in [-0.1, -0.05) is 29.3 Å². The quantitative estimate of drug-likeness (QED) is 0.851. The van der Waals surface area contributed by atoms with Gasteiger partial charge in [-0.3, -0.25) is 4.57 Å². The first-order valence-electron chi connectivity index (χ1n) is 4.82. The van der Waals surface area contributed by atoms with Gasteiger partial charge in [-0.05, 0) is 17.7 Å². The highest BCUT2D eigenvalue weighted by molar-refractivity contribution is 6.31. The smallest absolute Gasteiger partial charge is 0.347 e. The van der Waals surface area contributed by atoms with Crippen LogP contribution in [0, 0.1) is 0 Å². The predicted octanol–water partition coefficient (Wildman–Crippen LogP) is 2.18. The molecule has 2 aromatic rings. The Morgan fingerprint density at radius 2 is 2.06 bits per heavy atom. The fourth-order valence-electron chi connectivity index (χ4n) is 1.44. The SMILES string of the molecule is Nc1cc(Cl)ccc1Cn1cc(Cl)cnc1=O. The molecule has 0 fully saturated rings. The molecule has 2 rings (SSSR count). The van der Waals surface area contributed by atoms with Crippen LogP contribution in [0.15, 0.2) is 35.4 Å². The van der Waals surface area contributed by atoms with Gasteiger partial charge in [0.25, 0.3) is 0 Å². The van der Waals surface area contributed by atoms with E-state index < -0.39 is 0 Å². The van der Waals surface area contributed by atoms with Gasteiger partial charge >= 0.3 is 5.69 Å². The van der Waals surface area contributed by atoms with Crippen molar-refractivity contribution in [3.05, 3.63) is 56.7 Å². The van der Waals surface area contributed by atoms with Crippen LogP contribution in [0.4, 0.5) is 5.69 Å². The highest BCUT2D eigenvalue weighted by atomic mass is 35.5. The number of aromatic nitrogens is 2. The highest BCUT2D eigenvalue weighted by Crippen LogP contribution is 2.18. The Balaban J connectivity index is 2.38. The first-order valence-corrected chi connectivity index (χ1v) is 5.58. The molecular formula is C11H9Cl2N3O. The number of hydrogen-bond donors (Lipinski definition) is 1. The monoisotopic (exact) mass is 269 g/mol. The lowest BCUT2D eigenvalue weighted by atomic mass is 10.2. The molecule has 1 aromatic carbocycles. The zero-order valence-corrected chi connectivity index (χ0v) is 10.2. The number of hydrogen-bond acceptors (Lipinski definition) is 3. The van der Waals surface area contributed by atoms with Crippen LogP contribution in [0.5, 0.6) is 0 Å². The maximum atomic E-state index is 11.5. The normalized spacial score (nSPS) is 10.5. The van der Waals surface area contributed by atoms with E-state index in [1.54, 1.807) is 18.2 Å². The second kappa shape index (κ2) is 4.77. The number of nitrogens with two attached hydrogens (primary N) is 1. The van der Waals surface area contributed by atoms with Crippen LogP contribution < -0.4 is 11.4 Å². The summed E-state index contributed by atoms with van der Waals surface area (Å²) in [5.41, 5.74) is 6.76. The molecule has 0 unspecified atom stereocenters. The Morgan fingerprint density at radius 1 is 1.29 bits per heavy atom. The molecule has 88 valence electrons. The van der Waals surface area contributed by atoms with Crippen LogP contribution >= 0.6 is 23.2 Å². The zero-order valence-electron chi connectivity index (χ0n) is 8.73. The van der Waals surface area contributed by atoms with Crippen molar-refractivity contribution in [3.63, 3.8) is 0 Å². The summed E-state index contributed by atoms with van der Waals surface area (Å²) >= 11 is 11.6. The molecule has 17 heavy (non-hydrogen) atoms. The topological polar surface area (TPSA) is 60.9 Å². The zero-order chi connectivity index (χ0) is 12.4. The van der Waals surface area contributed by atoms with Crippen molar-refractivity contribution in [2.45, 2.75) is 6.54 Å². The maximum Gasteiger partial charge on any atom is 0.347 e. The molecule has 0 aliphatic heterocycles. The molecule has 0 saturated carbocycles. The summed E-state index contributed by atoms with van der Waals surface area (Å²) in [4.78, 5) is 15.1. The number of rotatable bonds is 2. The van der Waals surface area contributed by atoms with Crippen LogP contribution in [-0.4, -0.2) is 9.55 Å². The van der Waals surface area contributed by atoms with E-state index in [-0.39, 0.29) is 5.69 Å². The van der Waals surface area contributed by atoms with Crippen molar-refractivity contribution >= 4 is 28.9 Å². The molecule has 0 saturated heterocycles. The molecule has 0 spiro atoms. The Bertz CT molecular complexity index is 610. The van der Waals surface area contributed by atoms with Crippen molar-refractivity contribution in [2.24, 2.45) is 0 Å². The second-order valence-electron chi connectivity index (χ2n) is 3.53. The van der Waals surface area contributed by atoms with Gasteiger partial charge in [0, 0.05) is 16.9 Å². The summed E-state index contributed by atoms with van der Waals surface area (Å²) < 4.78 is 1.39. The lowest BCUT2D eigenvalue weighted by molar-refractivity contribution is 0.728. The van der Waals surface area contributed by atoms with Gasteiger partial charge in [-0.25, -0.2) is 9.78 Å².